The summed E-state index contributed by atoms with van der Waals surface area (Å²) in [5.74, 6) is -0.969. The number of ketones is 1. The summed E-state index contributed by atoms with van der Waals surface area (Å²) in [7, 11) is 0. The van der Waals surface area contributed by atoms with Crippen molar-refractivity contribution in [2.45, 2.75) is 57.5 Å². The lowest BCUT2D eigenvalue weighted by Gasteiger charge is -2.27. The van der Waals surface area contributed by atoms with Crippen molar-refractivity contribution in [1.82, 2.24) is 5.32 Å². The summed E-state index contributed by atoms with van der Waals surface area (Å²) < 4.78 is 18.0. The van der Waals surface area contributed by atoms with E-state index in [9.17, 15) is 14.0 Å². The van der Waals surface area contributed by atoms with Crippen molar-refractivity contribution in [3.05, 3.63) is 35.6 Å². The standard InChI is InChI=1S/C18H24FNO3/c1-2-23-17(21)12-16(20-15-6-4-3-5-7-15)18(22)13-8-10-14(19)11-9-13/h8-11,15-16,20H,2-7,12H2,1H3. The number of rotatable bonds is 7. The highest BCUT2D eigenvalue weighted by atomic mass is 19.1. The predicted molar refractivity (Wildman–Crippen MR) is 85.8 cm³/mol. The molecular formula is C18H24FNO3. The number of benzene rings is 1. The Labute approximate surface area is 136 Å². The number of hydrogen-bond acceptors (Lipinski definition) is 4. The second-order valence-corrected chi connectivity index (χ2v) is 5.93. The quantitative estimate of drug-likeness (QED) is 0.619. The molecule has 23 heavy (non-hydrogen) atoms. The Balaban J connectivity index is 2.08. The van der Waals surface area contributed by atoms with E-state index in [0.717, 1.165) is 25.7 Å². The summed E-state index contributed by atoms with van der Waals surface area (Å²) in [6.45, 7) is 2.03. The van der Waals surface area contributed by atoms with Crippen LogP contribution in [-0.4, -0.2) is 30.4 Å². The first-order chi connectivity index (χ1) is 11.1. The van der Waals surface area contributed by atoms with Crippen LogP contribution in [0, 0.1) is 5.82 Å². The van der Waals surface area contributed by atoms with E-state index in [2.05, 4.69) is 5.32 Å². The van der Waals surface area contributed by atoms with E-state index in [1.165, 1.54) is 30.7 Å². The minimum absolute atomic E-state index is 0.000545. The van der Waals surface area contributed by atoms with E-state index in [1.54, 1.807) is 6.92 Å². The van der Waals surface area contributed by atoms with Crippen molar-refractivity contribution in [2.75, 3.05) is 6.61 Å². The van der Waals surface area contributed by atoms with Gasteiger partial charge in [-0.3, -0.25) is 9.59 Å². The van der Waals surface area contributed by atoms with Crippen LogP contribution in [0.2, 0.25) is 0 Å². The maximum Gasteiger partial charge on any atom is 0.307 e. The molecule has 126 valence electrons. The first-order valence-corrected chi connectivity index (χ1v) is 8.31. The summed E-state index contributed by atoms with van der Waals surface area (Å²) in [4.78, 5) is 24.5. The van der Waals surface area contributed by atoms with Gasteiger partial charge in [-0.2, -0.15) is 0 Å². The summed E-state index contributed by atoms with van der Waals surface area (Å²) >= 11 is 0. The molecule has 1 fully saturated rings. The largest absolute Gasteiger partial charge is 0.466 e. The minimum Gasteiger partial charge on any atom is -0.466 e. The normalized spacial score (nSPS) is 16.8. The average Bonchev–Trinajstić information content (AvgIpc) is 2.55. The van der Waals surface area contributed by atoms with Crippen molar-refractivity contribution in [3.63, 3.8) is 0 Å². The van der Waals surface area contributed by atoms with Gasteiger partial charge in [0.15, 0.2) is 5.78 Å². The molecule has 0 saturated heterocycles. The molecule has 0 aromatic heterocycles. The number of Topliss-reactive ketones (excluding diaryl/α,β-unsaturated/α-hetero) is 1. The van der Waals surface area contributed by atoms with Crippen LogP contribution in [-0.2, 0) is 9.53 Å². The number of hydrogen-bond donors (Lipinski definition) is 1. The van der Waals surface area contributed by atoms with Gasteiger partial charge in [-0.15, -0.1) is 0 Å². The van der Waals surface area contributed by atoms with E-state index < -0.39 is 12.0 Å². The SMILES string of the molecule is CCOC(=O)CC(NC1CCCCC1)C(=O)c1ccc(F)cc1. The molecule has 0 aliphatic heterocycles. The molecule has 0 amide bonds. The van der Waals surface area contributed by atoms with Crippen LogP contribution >= 0.6 is 0 Å². The molecule has 1 unspecified atom stereocenters. The minimum atomic E-state index is -0.623. The van der Waals surface area contributed by atoms with Gasteiger partial charge in [0.2, 0.25) is 0 Å². The number of nitrogens with one attached hydrogen (secondary N) is 1. The first-order valence-electron chi connectivity index (χ1n) is 8.31. The second-order valence-electron chi connectivity index (χ2n) is 5.93. The Morgan fingerprint density at radius 1 is 1.22 bits per heavy atom. The topological polar surface area (TPSA) is 55.4 Å². The van der Waals surface area contributed by atoms with Gasteiger partial charge >= 0.3 is 5.97 Å². The molecule has 0 heterocycles. The average molecular weight is 321 g/mol. The van der Waals surface area contributed by atoms with Gasteiger partial charge in [0.25, 0.3) is 0 Å². The van der Waals surface area contributed by atoms with Crippen LogP contribution in [0.25, 0.3) is 0 Å². The van der Waals surface area contributed by atoms with E-state index in [0.29, 0.717) is 12.2 Å². The van der Waals surface area contributed by atoms with Gasteiger partial charge in [-0.05, 0) is 44.0 Å². The zero-order valence-electron chi connectivity index (χ0n) is 13.5. The lowest BCUT2D eigenvalue weighted by Crippen LogP contribution is -2.45. The third-order valence-corrected chi connectivity index (χ3v) is 4.16. The first kappa shape index (κ1) is 17.6. The summed E-state index contributed by atoms with van der Waals surface area (Å²) in [6, 6.07) is 5.05. The fourth-order valence-corrected chi connectivity index (χ4v) is 2.98. The third-order valence-electron chi connectivity index (χ3n) is 4.16. The molecule has 1 N–H and O–H groups in total. The van der Waals surface area contributed by atoms with E-state index in [-0.39, 0.29) is 24.1 Å². The highest BCUT2D eigenvalue weighted by Gasteiger charge is 2.27. The molecule has 5 heteroatoms. The highest BCUT2D eigenvalue weighted by molar-refractivity contribution is 6.01. The maximum atomic E-state index is 13.0. The number of halogens is 1. The molecule has 0 radical (unpaired) electrons. The summed E-state index contributed by atoms with van der Waals surface area (Å²) in [5, 5.41) is 3.31. The fraction of sp³-hybridized carbons (Fsp3) is 0.556. The smallest absolute Gasteiger partial charge is 0.307 e. The molecule has 2 rings (SSSR count). The molecule has 0 bridgehead atoms. The monoisotopic (exact) mass is 321 g/mol. The van der Waals surface area contributed by atoms with Crippen molar-refractivity contribution in [2.24, 2.45) is 0 Å². The zero-order valence-corrected chi connectivity index (χ0v) is 13.5. The number of carbonyl (C=O) groups is 2. The highest BCUT2D eigenvalue weighted by Crippen LogP contribution is 2.19. The number of esters is 1. The van der Waals surface area contributed by atoms with Gasteiger partial charge in [0.05, 0.1) is 19.1 Å². The molecule has 1 aromatic rings. The molecule has 0 spiro atoms. The molecule has 1 aromatic carbocycles. The Bertz CT molecular complexity index is 524. The van der Waals surface area contributed by atoms with Gasteiger partial charge in [0.1, 0.15) is 5.82 Å². The summed E-state index contributed by atoms with van der Waals surface area (Å²) in [5.41, 5.74) is 0.406. The Morgan fingerprint density at radius 2 is 1.87 bits per heavy atom. The van der Waals surface area contributed by atoms with Crippen molar-refractivity contribution < 1.29 is 18.7 Å². The van der Waals surface area contributed by atoms with Crippen LogP contribution in [0.15, 0.2) is 24.3 Å². The molecule has 1 aliphatic carbocycles. The Hall–Kier alpha value is -1.75. The van der Waals surface area contributed by atoms with Gasteiger partial charge in [0, 0.05) is 11.6 Å². The maximum absolute atomic E-state index is 13.0. The number of carbonyl (C=O) groups excluding carboxylic acids is 2. The summed E-state index contributed by atoms with van der Waals surface area (Å²) in [6.07, 6.45) is 5.50. The lowest BCUT2D eigenvalue weighted by molar-refractivity contribution is -0.143. The van der Waals surface area contributed by atoms with Crippen LogP contribution in [0.4, 0.5) is 4.39 Å². The number of ether oxygens (including phenoxy) is 1. The molecule has 1 saturated carbocycles. The van der Waals surface area contributed by atoms with Crippen LogP contribution in [0.3, 0.4) is 0 Å². The van der Waals surface area contributed by atoms with Crippen LogP contribution < -0.4 is 5.32 Å². The van der Waals surface area contributed by atoms with Crippen molar-refractivity contribution >= 4 is 11.8 Å². The lowest BCUT2D eigenvalue weighted by atomic mass is 9.93. The van der Waals surface area contributed by atoms with Gasteiger partial charge in [-0.1, -0.05) is 19.3 Å². The van der Waals surface area contributed by atoms with Crippen molar-refractivity contribution in [3.8, 4) is 0 Å². The molecule has 1 atom stereocenters. The zero-order chi connectivity index (χ0) is 16.7. The van der Waals surface area contributed by atoms with Gasteiger partial charge < -0.3 is 10.1 Å². The van der Waals surface area contributed by atoms with Gasteiger partial charge in [-0.25, -0.2) is 4.39 Å². The van der Waals surface area contributed by atoms with Crippen LogP contribution in [0.1, 0.15) is 55.8 Å². The van der Waals surface area contributed by atoms with E-state index >= 15 is 0 Å². The molecular weight excluding hydrogens is 297 g/mol. The third kappa shape index (κ3) is 5.43. The Morgan fingerprint density at radius 3 is 2.48 bits per heavy atom. The fourth-order valence-electron chi connectivity index (χ4n) is 2.98. The van der Waals surface area contributed by atoms with Crippen LogP contribution in [0.5, 0.6) is 0 Å². The molecule has 1 aliphatic rings. The van der Waals surface area contributed by atoms with Crippen molar-refractivity contribution in [1.29, 1.82) is 0 Å². The molecule has 4 nitrogen and oxygen atoms in total. The second kappa shape index (κ2) is 8.77. The van der Waals surface area contributed by atoms with E-state index in [1.807, 2.05) is 0 Å². The van der Waals surface area contributed by atoms with E-state index in [4.69, 9.17) is 4.74 Å². The Kier molecular flexibility index (Phi) is 6.71. The predicted octanol–water partition coefficient (Wildman–Crippen LogP) is 3.25.